The van der Waals surface area contributed by atoms with Crippen molar-refractivity contribution >= 4 is 11.6 Å². The molecule has 0 aromatic carbocycles. The van der Waals surface area contributed by atoms with Crippen LogP contribution in [0.3, 0.4) is 0 Å². The van der Waals surface area contributed by atoms with Gasteiger partial charge in [0.1, 0.15) is 5.65 Å². The fourth-order valence-electron chi connectivity index (χ4n) is 1.87. The van der Waals surface area contributed by atoms with Gasteiger partial charge in [-0.25, -0.2) is 9.78 Å². The van der Waals surface area contributed by atoms with Crippen LogP contribution in [0.1, 0.15) is 41.5 Å². The van der Waals surface area contributed by atoms with Crippen LogP contribution in [0.15, 0.2) is 18.3 Å². The number of carboxylic acid groups (broad SMARTS) is 1. The third-order valence-corrected chi connectivity index (χ3v) is 2.57. The molecule has 0 saturated heterocycles. The monoisotopic (exact) mass is 218 g/mol. The van der Waals surface area contributed by atoms with Gasteiger partial charge in [-0.2, -0.15) is 0 Å². The predicted octanol–water partition coefficient (Wildman–Crippen LogP) is 2.46. The van der Waals surface area contributed by atoms with Crippen molar-refractivity contribution in [2.45, 2.75) is 26.7 Å². The van der Waals surface area contributed by atoms with E-state index in [2.05, 4.69) is 4.98 Å². The smallest absolute Gasteiger partial charge is 0.356 e. The van der Waals surface area contributed by atoms with E-state index in [1.54, 1.807) is 0 Å². The predicted molar refractivity (Wildman–Crippen MR) is 61.0 cm³/mol. The normalized spacial score (nSPS) is 11.2. The van der Waals surface area contributed by atoms with E-state index in [9.17, 15) is 4.79 Å². The molecule has 0 unspecified atom stereocenters. The van der Waals surface area contributed by atoms with Crippen molar-refractivity contribution in [1.82, 2.24) is 9.38 Å². The molecule has 0 aliphatic rings. The zero-order chi connectivity index (χ0) is 11.9. The van der Waals surface area contributed by atoms with Crippen LogP contribution in [0.5, 0.6) is 0 Å². The molecule has 0 amide bonds. The maximum absolute atomic E-state index is 11.1. The Morgan fingerprint density at radius 3 is 2.75 bits per heavy atom. The van der Waals surface area contributed by atoms with Crippen molar-refractivity contribution in [2.75, 3.05) is 0 Å². The Balaban J connectivity index is 2.81. The molecule has 0 aliphatic carbocycles. The Morgan fingerprint density at radius 2 is 2.19 bits per heavy atom. The van der Waals surface area contributed by atoms with Crippen molar-refractivity contribution in [3.63, 3.8) is 0 Å². The molecule has 0 fully saturated rings. The van der Waals surface area contributed by atoms with Crippen molar-refractivity contribution in [2.24, 2.45) is 0 Å². The van der Waals surface area contributed by atoms with E-state index in [-0.39, 0.29) is 11.6 Å². The van der Waals surface area contributed by atoms with Crippen molar-refractivity contribution in [3.8, 4) is 0 Å². The SMILES string of the molecule is Cc1ccn2c(C(C)C)c(C(=O)O)nc2c1. The van der Waals surface area contributed by atoms with Crippen LogP contribution in [-0.2, 0) is 0 Å². The van der Waals surface area contributed by atoms with E-state index >= 15 is 0 Å². The van der Waals surface area contributed by atoms with Gasteiger partial charge in [-0.15, -0.1) is 0 Å². The Bertz CT molecular complexity index is 555. The molecule has 2 aromatic heterocycles. The van der Waals surface area contributed by atoms with Gasteiger partial charge in [0.15, 0.2) is 5.69 Å². The van der Waals surface area contributed by atoms with Gasteiger partial charge in [-0.3, -0.25) is 0 Å². The number of aryl methyl sites for hydroxylation is 1. The third-order valence-electron chi connectivity index (χ3n) is 2.57. The minimum Gasteiger partial charge on any atom is -0.476 e. The van der Waals surface area contributed by atoms with Crippen LogP contribution in [-0.4, -0.2) is 20.5 Å². The minimum atomic E-state index is -0.968. The number of hydrogen-bond acceptors (Lipinski definition) is 2. The van der Waals surface area contributed by atoms with Gasteiger partial charge in [0, 0.05) is 6.20 Å². The molecule has 0 atom stereocenters. The van der Waals surface area contributed by atoms with Gasteiger partial charge in [0.2, 0.25) is 0 Å². The van der Waals surface area contributed by atoms with E-state index < -0.39 is 5.97 Å². The Kier molecular flexibility index (Phi) is 2.42. The molecule has 0 bridgehead atoms. The first-order chi connectivity index (χ1) is 7.50. The second-order valence-electron chi connectivity index (χ2n) is 4.24. The second kappa shape index (κ2) is 3.63. The highest BCUT2D eigenvalue weighted by Crippen LogP contribution is 2.21. The van der Waals surface area contributed by atoms with Gasteiger partial charge in [0.25, 0.3) is 0 Å². The van der Waals surface area contributed by atoms with E-state index in [4.69, 9.17) is 5.11 Å². The summed E-state index contributed by atoms with van der Waals surface area (Å²) in [7, 11) is 0. The minimum absolute atomic E-state index is 0.129. The number of carbonyl (C=O) groups is 1. The summed E-state index contributed by atoms with van der Waals surface area (Å²) in [5.74, 6) is -0.839. The number of hydrogen-bond donors (Lipinski definition) is 1. The van der Waals surface area contributed by atoms with Crippen molar-refractivity contribution < 1.29 is 9.90 Å². The number of aromatic carboxylic acids is 1. The molecule has 16 heavy (non-hydrogen) atoms. The van der Waals surface area contributed by atoms with Gasteiger partial charge in [0.05, 0.1) is 5.69 Å². The Morgan fingerprint density at radius 1 is 1.50 bits per heavy atom. The van der Waals surface area contributed by atoms with E-state index in [1.165, 1.54) is 0 Å². The summed E-state index contributed by atoms with van der Waals surface area (Å²) >= 11 is 0. The molecule has 2 aromatic rings. The summed E-state index contributed by atoms with van der Waals surface area (Å²) in [5.41, 5.74) is 2.67. The molecule has 0 radical (unpaired) electrons. The highest BCUT2D eigenvalue weighted by atomic mass is 16.4. The first-order valence-corrected chi connectivity index (χ1v) is 5.22. The molecule has 0 saturated carbocycles. The first-order valence-electron chi connectivity index (χ1n) is 5.22. The summed E-state index contributed by atoms with van der Waals surface area (Å²) in [5, 5.41) is 9.11. The fourth-order valence-corrected chi connectivity index (χ4v) is 1.87. The lowest BCUT2D eigenvalue weighted by atomic mass is 10.1. The highest BCUT2D eigenvalue weighted by molar-refractivity contribution is 5.88. The number of nitrogens with zero attached hydrogens (tertiary/aromatic N) is 2. The largest absolute Gasteiger partial charge is 0.476 e. The zero-order valence-electron chi connectivity index (χ0n) is 9.56. The van der Waals surface area contributed by atoms with Gasteiger partial charge >= 0.3 is 5.97 Å². The van der Waals surface area contributed by atoms with Crippen LogP contribution in [0.25, 0.3) is 5.65 Å². The highest BCUT2D eigenvalue weighted by Gasteiger charge is 2.20. The number of imidazole rings is 1. The fraction of sp³-hybridized carbons (Fsp3) is 0.333. The molecular weight excluding hydrogens is 204 g/mol. The number of fused-ring (bicyclic) bond motifs is 1. The summed E-state index contributed by atoms with van der Waals surface area (Å²) < 4.78 is 1.85. The summed E-state index contributed by atoms with van der Waals surface area (Å²) in [6.45, 7) is 5.90. The molecule has 2 rings (SSSR count). The lowest BCUT2D eigenvalue weighted by Crippen LogP contribution is -2.04. The first kappa shape index (κ1) is 10.7. The van der Waals surface area contributed by atoms with Crippen LogP contribution in [0, 0.1) is 6.92 Å². The Labute approximate surface area is 93.5 Å². The number of pyridine rings is 1. The number of rotatable bonds is 2. The van der Waals surface area contributed by atoms with Crippen LogP contribution >= 0.6 is 0 Å². The standard InChI is InChI=1S/C12H14N2O2/c1-7(2)11-10(12(15)16)13-9-6-8(3)4-5-14(9)11/h4-7H,1-3H3,(H,15,16). The maximum Gasteiger partial charge on any atom is 0.356 e. The molecular formula is C12H14N2O2. The van der Waals surface area contributed by atoms with Crippen molar-refractivity contribution in [1.29, 1.82) is 0 Å². The second-order valence-corrected chi connectivity index (χ2v) is 4.24. The third kappa shape index (κ3) is 1.56. The van der Waals surface area contributed by atoms with E-state index in [0.29, 0.717) is 5.65 Å². The number of aromatic nitrogens is 2. The van der Waals surface area contributed by atoms with Crippen LogP contribution < -0.4 is 0 Å². The Hall–Kier alpha value is -1.84. The quantitative estimate of drug-likeness (QED) is 0.842. The van der Waals surface area contributed by atoms with Crippen LogP contribution in [0.2, 0.25) is 0 Å². The summed E-state index contributed by atoms with van der Waals surface area (Å²) in [6.07, 6.45) is 1.87. The van der Waals surface area contributed by atoms with Gasteiger partial charge < -0.3 is 9.51 Å². The van der Waals surface area contributed by atoms with Crippen LogP contribution in [0.4, 0.5) is 0 Å². The maximum atomic E-state index is 11.1. The van der Waals surface area contributed by atoms with E-state index in [0.717, 1.165) is 11.3 Å². The lowest BCUT2D eigenvalue weighted by Gasteiger charge is -2.06. The summed E-state index contributed by atoms with van der Waals surface area (Å²) in [4.78, 5) is 15.3. The molecule has 2 heterocycles. The van der Waals surface area contributed by atoms with E-state index in [1.807, 2.05) is 43.5 Å². The molecule has 84 valence electrons. The lowest BCUT2D eigenvalue weighted by molar-refractivity contribution is 0.0689. The summed E-state index contributed by atoms with van der Waals surface area (Å²) in [6, 6.07) is 3.84. The molecule has 4 nitrogen and oxygen atoms in total. The molecule has 1 N–H and O–H groups in total. The van der Waals surface area contributed by atoms with Crippen molar-refractivity contribution in [3.05, 3.63) is 35.3 Å². The molecule has 4 heteroatoms. The average Bonchev–Trinajstić information content (AvgIpc) is 2.55. The molecule has 0 aliphatic heterocycles. The topological polar surface area (TPSA) is 54.6 Å². The zero-order valence-corrected chi connectivity index (χ0v) is 9.56. The average molecular weight is 218 g/mol. The van der Waals surface area contributed by atoms with Gasteiger partial charge in [-0.05, 0) is 30.5 Å². The number of carboxylic acids is 1. The van der Waals surface area contributed by atoms with Gasteiger partial charge in [-0.1, -0.05) is 13.8 Å². The molecule has 0 spiro atoms.